The molecule has 2 heterocycles. The number of aliphatic imine (C=N–C) groups is 1. The monoisotopic (exact) mass is 324 g/mol. The molecule has 6 nitrogen and oxygen atoms in total. The summed E-state index contributed by atoms with van der Waals surface area (Å²) in [5.74, 6) is 0.832. The van der Waals surface area contributed by atoms with Gasteiger partial charge in [-0.2, -0.15) is 5.10 Å². The number of aromatic nitrogens is 3. The SMILES string of the molecule is CCNC(=NCc1ccnn1C)NCCc1c[nH]c2ccccc12. The third-order valence-electron chi connectivity index (χ3n) is 4.03. The molecule has 0 aliphatic heterocycles. The number of nitrogens with zero attached hydrogens (tertiary/aromatic N) is 3. The van der Waals surface area contributed by atoms with Gasteiger partial charge in [-0.15, -0.1) is 0 Å². The molecule has 24 heavy (non-hydrogen) atoms. The van der Waals surface area contributed by atoms with E-state index in [2.05, 4.69) is 63.1 Å². The molecule has 0 saturated heterocycles. The number of hydrogen-bond acceptors (Lipinski definition) is 2. The van der Waals surface area contributed by atoms with Gasteiger partial charge in [-0.3, -0.25) is 4.68 Å². The molecule has 0 fully saturated rings. The standard InChI is InChI=1S/C18H24N6/c1-3-19-18(22-13-15-9-11-23-24(15)2)20-10-8-14-12-21-17-7-5-4-6-16(14)17/h4-7,9,11-12,21H,3,8,10,13H2,1-2H3,(H2,19,20,22). The number of rotatable bonds is 6. The first kappa shape index (κ1) is 16.1. The van der Waals surface area contributed by atoms with Crippen molar-refractivity contribution in [1.29, 1.82) is 0 Å². The third kappa shape index (κ3) is 3.76. The first-order valence-corrected chi connectivity index (χ1v) is 8.32. The van der Waals surface area contributed by atoms with E-state index in [1.54, 1.807) is 6.20 Å². The summed E-state index contributed by atoms with van der Waals surface area (Å²) >= 11 is 0. The van der Waals surface area contributed by atoms with Gasteiger partial charge in [-0.1, -0.05) is 18.2 Å². The Morgan fingerprint density at radius 1 is 1.25 bits per heavy atom. The zero-order chi connectivity index (χ0) is 16.8. The smallest absolute Gasteiger partial charge is 0.191 e. The molecule has 0 radical (unpaired) electrons. The molecule has 6 heteroatoms. The second kappa shape index (κ2) is 7.68. The van der Waals surface area contributed by atoms with Crippen molar-refractivity contribution in [3.8, 4) is 0 Å². The van der Waals surface area contributed by atoms with Gasteiger partial charge in [-0.05, 0) is 31.0 Å². The maximum absolute atomic E-state index is 4.62. The first-order valence-electron chi connectivity index (χ1n) is 8.32. The highest BCUT2D eigenvalue weighted by molar-refractivity contribution is 5.83. The molecule has 126 valence electrons. The van der Waals surface area contributed by atoms with Crippen LogP contribution in [0.25, 0.3) is 10.9 Å². The maximum Gasteiger partial charge on any atom is 0.191 e. The van der Waals surface area contributed by atoms with Crippen LogP contribution in [0.1, 0.15) is 18.2 Å². The summed E-state index contributed by atoms with van der Waals surface area (Å²) in [5.41, 5.74) is 3.59. The van der Waals surface area contributed by atoms with Crippen molar-refractivity contribution in [1.82, 2.24) is 25.4 Å². The van der Waals surface area contributed by atoms with Crippen LogP contribution in [-0.4, -0.2) is 33.8 Å². The molecule has 3 rings (SSSR count). The van der Waals surface area contributed by atoms with Crippen LogP contribution in [-0.2, 0) is 20.0 Å². The van der Waals surface area contributed by atoms with E-state index in [0.29, 0.717) is 6.54 Å². The number of hydrogen-bond donors (Lipinski definition) is 3. The summed E-state index contributed by atoms with van der Waals surface area (Å²) in [5, 5.41) is 12.1. The van der Waals surface area contributed by atoms with Crippen molar-refractivity contribution in [2.45, 2.75) is 19.9 Å². The van der Waals surface area contributed by atoms with Gasteiger partial charge in [0.25, 0.3) is 0 Å². The van der Waals surface area contributed by atoms with Crippen LogP contribution < -0.4 is 10.6 Å². The summed E-state index contributed by atoms with van der Waals surface area (Å²) in [6.45, 7) is 4.35. The quantitative estimate of drug-likeness (QED) is 0.481. The van der Waals surface area contributed by atoms with Crippen molar-refractivity contribution < 1.29 is 0 Å². The number of benzene rings is 1. The number of fused-ring (bicyclic) bond motifs is 1. The van der Waals surface area contributed by atoms with Gasteiger partial charge in [0.1, 0.15) is 0 Å². The number of nitrogens with one attached hydrogen (secondary N) is 3. The lowest BCUT2D eigenvalue weighted by Gasteiger charge is -2.11. The summed E-state index contributed by atoms with van der Waals surface area (Å²) in [6.07, 6.45) is 4.83. The van der Waals surface area contributed by atoms with Crippen LogP contribution in [0.15, 0.2) is 47.7 Å². The van der Waals surface area contributed by atoms with Gasteiger partial charge in [0.2, 0.25) is 0 Å². The molecule has 0 aliphatic rings. The van der Waals surface area contributed by atoms with Gasteiger partial charge in [0.05, 0.1) is 12.2 Å². The molecule has 0 aliphatic carbocycles. The van der Waals surface area contributed by atoms with Gasteiger partial charge in [0, 0.05) is 43.4 Å². The Morgan fingerprint density at radius 2 is 2.12 bits per heavy atom. The second-order valence-electron chi connectivity index (χ2n) is 5.68. The Labute approximate surface area is 142 Å². The highest BCUT2D eigenvalue weighted by atomic mass is 15.3. The zero-order valence-electron chi connectivity index (χ0n) is 14.2. The lowest BCUT2D eigenvalue weighted by atomic mass is 10.1. The fraction of sp³-hybridized carbons (Fsp3) is 0.333. The molecule has 3 N–H and O–H groups in total. The minimum Gasteiger partial charge on any atom is -0.361 e. The average molecular weight is 324 g/mol. The molecule has 0 atom stereocenters. The molecular formula is C18H24N6. The largest absolute Gasteiger partial charge is 0.361 e. The van der Waals surface area contributed by atoms with E-state index in [1.807, 2.05) is 17.8 Å². The maximum atomic E-state index is 4.62. The topological polar surface area (TPSA) is 70.0 Å². The van der Waals surface area contributed by atoms with Gasteiger partial charge < -0.3 is 15.6 Å². The van der Waals surface area contributed by atoms with E-state index in [0.717, 1.165) is 31.2 Å². The zero-order valence-corrected chi connectivity index (χ0v) is 14.2. The van der Waals surface area contributed by atoms with Crippen molar-refractivity contribution in [2.75, 3.05) is 13.1 Å². The molecule has 2 aromatic heterocycles. The van der Waals surface area contributed by atoms with E-state index < -0.39 is 0 Å². The number of para-hydroxylation sites is 1. The van der Waals surface area contributed by atoms with E-state index in [9.17, 15) is 0 Å². The van der Waals surface area contributed by atoms with Gasteiger partial charge in [-0.25, -0.2) is 4.99 Å². The Bertz CT molecular complexity index is 814. The van der Waals surface area contributed by atoms with Crippen LogP contribution in [0.4, 0.5) is 0 Å². The van der Waals surface area contributed by atoms with Crippen LogP contribution in [0.5, 0.6) is 0 Å². The van der Waals surface area contributed by atoms with Crippen molar-refractivity contribution in [3.63, 3.8) is 0 Å². The molecular weight excluding hydrogens is 300 g/mol. The Hall–Kier alpha value is -2.76. The van der Waals surface area contributed by atoms with Gasteiger partial charge in [0.15, 0.2) is 5.96 Å². The lowest BCUT2D eigenvalue weighted by molar-refractivity contribution is 0.707. The Balaban J connectivity index is 1.59. The van der Waals surface area contributed by atoms with Crippen molar-refractivity contribution in [2.24, 2.45) is 12.0 Å². The lowest BCUT2D eigenvalue weighted by Crippen LogP contribution is -2.38. The van der Waals surface area contributed by atoms with Crippen LogP contribution in [0.3, 0.4) is 0 Å². The fourth-order valence-corrected chi connectivity index (χ4v) is 2.71. The van der Waals surface area contributed by atoms with E-state index in [1.165, 1.54) is 16.5 Å². The molecule has 0 unspecified atom stereocenters. The normalized spacial score (nSPS) is 11.8. The number of aryl methyl sites for hydroxylation is 1. The van der Waals surface area contributed by atoms with Crippen LogP contribution in [0.2, 0.25) is 0 Å². The van der Waals surface area contributed by atoms with Crippen molar-refractivity contribution >= 4 is 16.9 Å². The highest BCUT2D eigenvalue weighted by Gasteiger charge is 2.04. The third-order valence-corrected chi connectivity index (χ3v) is 4.03. The van der Waals surface area contributed by atoms with Gasteiger partial charge >= 0.3 is 0 Å². The summed E-state index contributed by atoms with van der Waals surface area (Å²) < 4.78 is 1.85. The van der Waals surface area contributed by atoms with Crippen LogP contribution in [0, 0.1) is 0 Å². The fourth-order valence-electron chi connectivity index (χ4n) is 2.71. The summed E-state index contributed by atoms with van der Waals surface area (Å²) in [4.78, 5) is 7.94. The second-order valence-corrected chi connectivity index (χ2v) is 5.68. The molecule has 3 aromatic rings. The molecule has 1 aromatic carbocycles. The minimum atomic E-state index is 0.610. The van der Waals surface area contributed by atoms with E-state index in [4.69, 9.17) is 0 Å². The van der Waals surface area contributed by atoms with E-state index >= 15 is 0 Å². The van der Waals surface area contributed by atoms with Crippen molar-refractivity contribution in [3.05, 3.63) is 54.0 Å². The number of H-pyrrole nitrogens is 1. The first-order chi connectivity index (χ1) is 11.8. The number of guanidine groups is 1. The molecule has 0 saturated carbocycles. The van der Waals surface area contributed by atoms with E-state index in [-0.39, 0.29) is 0 Å². The predicted octanol–water partition coefficient (Wildman–Crippen LogP) is 2.20. The minimum absolute atomic E-state index is 0.610. The molecule has 0 bridgehead atoms. The summed E-state index contributed by atoms with van der Waals surface area (Å²) in [6, 6.07) is 10.4. The molecule has 0 amide bonds. The highest BCUT2D eigenvalue weighted by Crippen LogP contribution is 2.17. The number of aromatic amines is 1. The average Bonchev–Trinajstić information content (AvgIpc) is 3.19. The summed E-state index contributed by atoms with van der Waals surface area (Å²) in [7, 11) is 1.93. The molecule has 0 spiro atoms. The Morgan fingerprint density at radius 3 is 2.92 bits per heavy atom. The Kier molecular flexibility index (Phi) is 5.15. The van der Waals surface area contributed by atoms with Crippen LogP contribution >= 0.6 is 0 Å². The predicted molar refractivity (Wildman–Crippen MR) is 98.0 cm³/mol.